The molecule has 2 aromatic carbocycles. The molecular weight excluding hydrogens is 544 g/mol. The van der Waals surface area contributed by atoms with Crippen LogP contribution in [0.1, 0.15) is 74.3 Å². The van der Waals surface area contributed by atoms with Gasteiger partial charge >= 0.3 is 12.1 Å². The van der Waals surface area contributed by atoms with E-state index in [0.29, 0.717) is 19.7 Å². The zero-order valence-electron chi connectivity index (χ0n) is 27.2. The van der Waals surface area contributed by atoms with Crippen molar-refractivity contribution in [2.45, 2.75) is 85.8 Å². The van der Waals surface area contributed by atoms with Gasteiger partial charge in [-0.3, -0.25) is 14.9 Å². The van der Waals surface area contributed by atoms with Gasteiger partial charge in [-0.05, 0) is 109 Å². The largest absolute Gasteiger partial charge is 0.465 e. The van der Waals surface area contributed by atoms with Gasteiger partial charge in [-0.2, -0.15) is 0 Å². The summed E-state index contributed by atoms with van der Waals surface area (Å²) in [5, 5.41) is 9.69. The summed E-state index contributed by atoms with van der Waals surface area (Å²) in [5.41, 5.74) is 5.89. The predicted octanol–water partition coefficient (Wildman–Crippen LogP) is 5.65. The molecule has 2 aromatic rings. The molecule has 0 radical (unpaired) electrons. The number of nitrogens with zero attached hydrogens (tertiary/aromatic N) is 1. The molecule has 1 aliphatic heterocycles. The Kier molecular flexibility index (Phi) is 12.2. The van der Waals surface area contributed by atoms with Gasteiger partial charge in [0.25, 0.3) is 0 Å². The number of amides is 1. The SMILES string of the molecule is CCOC(=O)C(CN1CCC(NCC(=O)CNc2c(C)c(C)c(NC(=O)OC(C)(C)C)c(C)c2C)CC1)c1ccccc1. The maximum absolute atomic E-state index is 12.8. The summed E-state index contributed by atoms with van der Waals surface area (Å²) >= 11 is 0. The van der Waals surface area contributed by atoms with Gasteiger partial charge in [0.15, 0.2) is 5.78 Å². The third-order valence-electron chi connectivity index (χ3n) is 8.10. The minimum Gasteiger partial charge on any atom is -0.465 e. The fourth-order valence-electron chi connectivity index (χ4n) is 5.50. The average molecular weight is 595 g/mol. The lowest BCUT2D eigenvalue weighted by Gasteiger charge is -2.34. The minimum absolute atomic E-state index is 0.0824. The van der Waals surface area contributed by atoms with Crippen molar-refractivity contribution in [1.82, 2.24) is 10.2 Å². The van der Waals surface area contributed by atoms with Gasteiger partial charge in [-0.25, -0.2) is 4.79 Å². The van der Waals surface area contributed by atoms with E-state index in [4.69, 9.17) is 9.47 Å². The van der Waals surface area contributed by atoms with Crippen molar-refractivity contribution >= 4 is 29.2 Å². The van der Waals surface area contributed by atoms with Gasteiger partial charge in [0, 0.05) is 18.3 Å². The zero-order valence-corrected chi connectivity index (χ0v) is 27.2. The Hall–Kier alpha value is -3.43. The minimum atomic E-state index is -0.585. The highest BCUT2D eigenvalue weighted by Gasteiger charge is 2.28. The van der Waals surface area contributed by atoms with E-state index >= 15 is 0 Å². The Morgan fingerprint density at radius 1 is 0.907 bits per heavy atom. The first-order valence-corrected chi connectivity index (χ1v) is 15.3. The van der Waals surface area contributed by atoms with Crippen LogP contribution in [0.4, 0.5) is 16.2 Å². The third-order valence-corrected chi connectivity index (χ3v) is 8.10. The smallest absolute Gasteiger partial charge is 0.412 e. The molecule has 1 atom stereocenters. The second kappa shape index (κ2) is 15.3. The number of carbonyl (C=O) groups is 3. The molecule has 9 nitrogen and oxygen atoms in total. The van der Waals surface area contributed by atoms with Crippen LogP contribution in [-0.4, -0.2) is 73.7 Å². The quantitative estimate of drug-likeness (QED) is 0.271. The summed E-state index contributed by atoms with van der Waals surface area (Å²) in [7, 11) is 0. The third kappa shape index (κ3) is 9.79. The van der Waals surface area contributed by atoms with Crippen LogP contribution in [0.2, 0.25) is 0 Å². The number of hydrogen-bond donors (Lipinski definition) is 3. The van der Waals surface area contributed by atoms with Crippen molar-refractivity contribution in [3.05, 3.63) is 58.1 Å². The number of anilines is 2. The highest BCUT2D eigenvalue weighted by molar-refractivity contribution is 5.90. The number of benzene rings is 2. The van der Waals surface area contributed by atoms with Gasteiger partial charge in [-0.1, -0.05) is 30.3 Å². The zero-order chi connectivity index (χ0) is 31.7. The first-order chi connectivity index (χ1) is 20.3. The molecule has 1 aliphatic rings. The second-order valence-corrected chi connectivity index (χ2v) is 12.4. The van der Waals surface area contributed by atoms with E-state index in [-0.39, 0.29) is 30.3 Å². The van der Waals surface area contributed by atoms with E-state index in [1.54, 1.807) is 0 Å². The molecular formula is C34H50N4O5. The van der Waals surface area contributed by atoms with Crippen LogP contribution in [0.5, 0.6) is 0 Å². The maximum atomic E-state index is 12.8. The molecule has 43 heavy (non-hydrogen) atoms. The van der Waals surface area contributed by atoms with Crippen LogP contribution in [-0.2, 0) is 19.1 Å². The van der Waals surface area contributed by atoms with Crippen molar-refractivity contribution in [2.75, 3.05) is 50.0 Å². The molecule has 0 aromatic heterocycles. The molecule has 0 aliphatic carbocycles. The van der Waals surface area contributed by atoms with Gasteiger partial charge < -0.3 is 25.0 Å². The highest BCUT2D eigenvalue weighted by atomic mass is 16.6. The summed E-state index contributed by atoms with van der Waals surface area (Å²) in [6.45, 7) is 18.5. The second-order valence-electron chi connectivity index (χ2n) is 12.4. The number of nitrogens with one attached hydrogen (secondary N) is 3. The molecule has 1 amide bonds. The molecule has 1 heterocycles. The predicted molar refractivity (Wildman–Crippen MR) is 172 cm³/mol. The molecule has 1 fully saturated rings. The standard InChI is InChI=1S/C34H50N4O5/c1-9-42-32(40)29(26-13-11-10-12-14-26)21-38-17-15-27(16-18-38)35-19-28(39)20-36-30-22(2)24(4)31(25(5)23(30)3)37-33(41)43-34(6,7)8/h10-14,27,29,35-36H,9,15-21H2,1-8H3,(H,37,41). The molecule has 3 N–H and O–H groups in total. The number of likely N-dealkylation sites (tertiary alicyclic amines) is 1. The fourth-order valence-corrected chi connectivity index (χ4v) is 5.50. The lowest BCUT2D eigenvalue weighted by molar-refractivity contribution is -0.145. The summed E-state index contributed by atoms with van der Waals surface area (Å²) in [5.74, 6) is -0.407. The number of ether oxygens (including phenoxy) is 2. The number of piperidine rings is 1. The van der Waals surface area contributed by atoms with Crippen molar-refractivity contribution < 1.29 is 23.9 Å². The normalized spacial score (nSPS) is 15.1. The summed E-state index contributed by atoms with van der Waals surface area (Å²) in [6.07, 6.45) is 1.34. The topological polar surface area (TPSA) is 109 Å². The van der Waals surface area contributed by atoms with Crippen LogP contribution >= 0.6 is 0 Å². The summed E-state index contributed by atoms with van der Waals surface area (Å²) in [4.78, 5) is 40.2. The van der Waals surface area contributed by atoms with Gasteiger partial charge in [0.1, 0.15) is 5.60 Å². The van der Waals surface area contributed by atoms with Crippen molar-refractivity contribution in [2.24, 2.45) is 0 Å². The molecule has 0 spiro atoms. The van der Waals surface area contributed by atoms with Gasteiger partial charge in [0.2, 0.25) is 0 Å². The molecule has 0 saturated carbocycles. The van der Waals surface area contributed by atoms with Crippen LogP contribution in [0.25, 0.3) is 0 Å². The Labute approximate surface area is 257 Å². The number of esters is 1. The van der Waals surface area contributed by atoms with E-state index in [0.717, 1.165) is 65.1 Å². The summed E-state index contributed by atoms with van der Waals surface area (Å²) < 4.78 is 10.8. The maximum Gasteiger partial charge on any atom is 0.412 e. The molecule has 0 bridgehead atoms. The van der Waals surface area contributed by atoms with Crippen molar-refractivity contribution in [3.63, 3.8) is 0 Å². The monoisotopic (exact) mass is 594 g/mol. The fraction of sp³-hybridized carbons (Fsp3) is 0.559. The first kappa shape index (κ1) is 34.1. The van der Waals surface area contributed by atoms with Crippen LogP contribution in [0.3, 0.4) is 0 Å². The molecule has 9 heteroatoms. The Morgan fingerprint density at radius 3 is 2.05 bits per heavy atom. The first-order valence-electron chi connectivity index (χ1n) is 15.3. The molecule has 236 valence electrons. The van der Waals surface area contributed by atoms with Crippen molar-refractivity contribution in [1.29, 1.82) is 0 Å². The van der Waals surface area contributed by atoms with Gasteiger partial charge in [-0.15, -0.1) is 0 Å². The number of ketones is 1. The Morgan fingerprint density at radius 2 is 1.49 bits per heavy atom. The Balaban J connectivity index is 1.49. The van der Waals surface area contributed by atoms with Gasteiger partial charge in [0.05, 0.1) is 31.3 Å². The highest BCUT2D eigenvalue weighted by Crippen LogP contribution is 2.34. The number of Topliss-reactive ketones (excluding diaryl/α,β-unsaturated/α-hetero) is 1. The number of rotatable bonds is 12. The van der Waals surface area contributed by atoms with E-state index in [2.05, 4.69) is 20.9 Å². The van der Waals surface area contributed by atoms with Crippen molar-refractivity contribution in [3.8, 4) is 0 Å². The summed E-state index contributed by atoms with van der Waals surface area (Å²) in [6, 6.07) is 10.1. The lowest BCUT2D eigenvalue weighted by atomic mass is 9.95. The Bertz CT molecular complexity index is 1230. The lowest BCUT2D eigenvalue weighted by Crippen LogP contribution is -2.46. The van der Waals surface area contributed by atoms with Crippen LogP contribution < -0.4 is 16.0 Å². The van der Waals surface area contributed by atoms with E-state index < -0.39 is 11.7 Å². The average Bonchev–Trinajstić information content (AvgIpc) is 2.96. The number of carbonyl (C=O) groups excluding carboxylic acids is 3. The molecule has 3 rings (SSSR count). The van der Waals surface area contributed by atoms with Crippen LogP contribution in [0.15, 0.2) is 30.3 Å². The number of hydrogen-bond acceptors (Lipinski definition) is 8. The molecule has 1 unspecified atom stereocenters. The van der Waals surface area contributed by atoms with Crippen LogP contribution in [0, 0.1) is 27.7 Å². The van der Waals surface area contributed by atoms with E-state index in [9.17, 15) is 14.4 Å². The molecule has 1 saturated heterocycles. The van der Waals surface area contributed by atoms with E-state index in [1.807, 2.05) is 85.7 Å². The van der Waals surface area contributed by atoms with E-state index in [1.165, 1.54) is 0 Å².